The van der Waals surface area contributed by atoms with Crippen LogP contribution in [0.5, 0.6) is 0 Å². The lowest BCUT2D eigenvalue weighted by Crippen LogP contribution is -2.36. The number of hydrogen-bond acceptors (Lipinski definition) is 2. The fraction of sp³-hybridized carbons (Fsp3) is 0.154. The average Bonchev–Trinajstić information content (AvgIpc) is 2.89. The van der Waals surface area contributed by atoms with Crippen LogP contribution in [-0.2, 0) is 5.54 Å². The van der Waals surface area contributed by atoms with Crippen molar-refractivity contribution >= 4 is 17.2 Å². The molecule has 1 N–H and O–H groups in total. The third-order valence-corrected chi connectivity index (χ3v) is 4.18. The number of fused-ring (bicyclic) bond motifs is 1. The lowest BCUT2D eigenvalue weighted by atomic mass is 9.91. The zero-order chi connectivity index (χ0) is 11.2. The molecule has 0 saturated carbocycles. The number of carbonyl (C=O) groups excluding carboxylic acids is 1. The topological polar surface area (TPSA) is 29.1 Å². The van der Waals surface area contributed by atoms with Gasteiger partial charge in [-0.1, -0.05) is 24.3 Å². The summed E-state index contributed by atoms with van der Waals surface area (Å²) in [5.41, 5.74) is 1.50. The second kappa shape index (κ2) is 3.19. The first-order valence-electron chi connectivity index (χ1n) is 5.18. The fourth-order valence-electron chi connectivity index (χ4n) is 2.24. The highest BCUT2D eigenvalue weighted by Gasteiger charge is 2.40. The van der Waals surface area contributed by atoms with E-state index in [9.17, 15) is 4.79 Å². The van der Waals surface area contributed by atoms with E-state index in [2.05, 4.69) is 18.3 Å². The number of rotatable bonds is 1. The Kier molecular flexibility index (Phi) is 1.91. The summed E-state index contributed by atoms with van der Waals surface area (Å²) in [6.07, 6.45) is 0. The quantitative estimate of drug-likeness (QED) is 0.800. The highest BCUT2D eigenvalue weighted by molar-refractivity contribution is 7.10. The number of nitrogens with one attached hydrogen (secondary N) is 1. The van der Waals surface area contributed by atoms with Gasteiger partial charge in [0.1, 0.15) is 0 Å². The lowest BCUT2D eigenvalue weighted by Gasteiger charge is -2.24. The predicted molar refractivity (Wildman–Crippen MR) is 64.7 cm³/mol. The van der Waals surface area contributed by atoms with E-state index in [0.29, 0.717) is 0 Å². The van der Waals surface area contributed by atoms with E-state index in [4.69, 9.17) is 0 Å². The molecule has 0 fully saturated rings. The van der Waals surface area contributed by atoms with Crippen molar-refractivity contribution in [1.82, 2.24) is 5.32 Å². The van der Waals surface area contributed by atoms with E-state index >= 15 is 0 Å². The molecule has 3 rings (SSSR count). The second-order valence-electron chi connectivity index (χ2n) is 4.10. The highest BCUT2D eigenvalue weighted by atomic mass is 32.1. The van der Waals surface area contributed by atoms with E-state index in [1.54, 1.807) is 11.3 Å². The molecular formula is C13H11NOS. The number of thiophene rings is 1. The summed E-state index contributed by atoms with van der Waals surface area (Å²) < 4.78 is 0. The summed E-state index contributed by atoms with van der Waals surface area (Å²) in [5, 5.41) is 5.10. The van der Waals surface area contributed by atoms with Crippen LogP contribution in [0.15, 0.2) is 41.8 Å². The monoisotopic (exact) mass is 229 g/mol. The van der Waals surface area contributed by atoms with Gasteiger partial charge >= 0.3 is 0 Å². The van der Waals surface area contributed by atoms with E-state index in [1.807, 2.05) is 35.7 Å². The summed E-state index contributed by atoms with van der Waals surface area (Å²) in [7, 11) is 0. The van der Waals surface area contributed by atoms with Crippen molar-refractivity contribution in [3.63, 3.8) is 0 Å². The Hall–Kier alpha value is -1.61. The van der Waals surface area contributed by atoms with Crippen molar-refractivity contribution < 1.29 is 4.79 Å². The van der Waals surface area contributed by atoms with Gasteiger partial charge in [-0.25, -0.2) is 0 Å². The maximum atomic E-state index is 11.9. The molecule has 16 heavy (non-hydrogen) atoms. The Balaban J connectivity index is 2.23. The zero-order valence-electron chi connectivity index (χ0n) is 8.86. The first kappa shape index (κ1) is 9.60. The van der Waals surface area contributed by atoms with Crippen LogP contribution in [0.3, 0.4) is 0 Å². The van der Waals surface area contributed by atoms with E-state index in [-0.39, 0.29) is 11.4 Å². The number of amides is 1. The molecular weight excluding hydrogens is 218 g/mol. The lowest BCUT2D eigenvalue weighted by molar-refractivity contribution is 0.0945. The molecule has 1 unspecified atom stereocenters. The molecule has 80 valence electrons. The summed E-state index contributed by atoms with van der Waals surface area (Å²) in [5.74, 6) is 0.0199. The molecule has 1 atom stereocenters. The minimum Gasteiger partial charge on any atom is -0.338 e. The zero-order valence-corrected chi connectivity index (χ0v) is 9.67. The minimum absolute atomic E-state index is 0.0199. The molecule has 0 bridgehead atoms. The summed E-state index contributed by atoms with van der Waals surface area (Å²) in [6, 6.07) is 11.9. The largest absolute Gasteiger partial charge is 0.338 e. The standard InChI is InChI=1S/C13H11NOS/c1-13(11-7-4-8-16-11)10-6-3-2-5-9(10)12(15)14-13/h2-8H,1H3,(H,14,15). The minimum atomic E-state index is -0.359. The van der Waals surface area contributed by atoms with Crippen LogP contribution >= 0.6 is 11.3 Å². The van der Waals surface area contributed by atoms with E-state index in [1.165, 1.54) is 4.88 Å². The van der Waals surface area contributed by atoms with Gasteiger partial charge in [0.15, 0.2) is 0 Å². The summed E-state index contributed by atoms with van der Waals surface area (Å²) >= 11 is 1.67. The van der Waals surface area contributed by atoms with E-state index in [0.717, 1.165) is 11.1 Å². The van der Waals surface area contributed by atoms with Crippen molar-refractivity contribution in [2.45, 2.75) is 12.5 Å². The molecule has 0 saturated heterocycles. The van der Waals surface area contributed by atoms with Gasteiger partial charge in [0.05, 0.1) is 5.54 Å². The smallest absolute Gasteiger partial charge is 0.252 e. The van der Waals surface area contributed by atoms with Crippen LogP contribution in [0, 0.1) is 0 Å². The molecule has 0 spiro atoms. The van der Waals surface area contributed by atoms with Crippen LogP contribution in [0.25, 0.3) is 0 Å². The molecule has 3 heteroatoms. The van der Waals surface area contributed by atoms with Crippen molar-refractivity contribution in [2.24, 2.45) is 0 Å². The van der Waals surface area contributed by atoms with Gasteiger partial charge in [0.2, 0.25) is 0 Å². The van der Waals surface area contributed by atoms with Gasteiger partial charge in [0, 0.05) is 10.4 Å². The Morgan fingerprint density at radius 2 is 2.00 bits per heavy atom. The second-order valence-corrected chi connectivity index (χ2v) is 5.05. The third kappa shape index (κ3) is 1.15. The molecule has 2 heterocycles. The molecule has 1 aromatic carbocycles. The molecule has 2 aromatic rings. The van der Waals surface area contributed by atoms with Crippen LogP contribution in [0.4, 0.5) is 0 Å². The summed E-state index contributed by atoms with van der Waals surface area (Å²) in [6.45, 7) is 2.06. The van der Waals surface area contributed by atoms with E-state index < -0.39 is 0 Å². The van der Waals surface area contributed by atoms with Crippen molar-refractivity contribution in [3.8, 4) is 0 Å². The van der Waals surface area contributed by atoms with Gasteiger partial charge in [-0.2, -0.15) is 0 Å². The number of carbonyl (C=O) groups is 1. The maximum Gasteiger partial charge on any atom is 0.252 e. The Bertz CT molecular complexity index is 547. The average molecular weight is 229 g/mol. The first-order chi connectivity index (χ1) is 7.72. The number of hydrogen-bond donors (Lipinski definition) is 1. The van der Waals surface area contributed by atoms with Gasteiger partial charge in [-0.15, -0.1) is 11.3 Å². The van der Waals surface area contributed by atoms with Gasteiger partial charge in [-0.3, -0.25) is 4.79 Å². The molecule has 1 aromatic heterocycles. The highest BCUT2D eigenvalue weighted by Crippen LogP contribution is 2.38. The van der Waals surface area contributed by atoms with Crippen molar-refractivity contribution in [2.75, 3.05) is 0 Å². The van der Waals surface area contributed by atoms with Crippen LogP contribution in [-0.4, -0.2) is 5.91 Å². The van der Waals surface area contributed by atoms with Gasteiger partial charge < -0.3 is 5.32 Å². The SMILES string of the molecule is CC1(c2cccs2)NC(=O)c2ccccc21. The number of benzene rings is 1. The maximum absolute atomic E-state index is 11.9. The first-order valence-corrected chi connectivity index (χ1v) is 6.06. The van der Waals surface area contributed by atoms with Crippen LogP contribution in [0.1, 0.15) is 27.7 Å². The molecule has 2 nitrogen and oxygen atoms in total. The molecule has 1 aliphatic heterocycles. The van der Waals surface area contributed by atoms with Crippen molar-refractivity contribution in [1.29, 1.82) is 0 Å². The molecule has 1 amide bonds. The molecule has 1 aliphatic rings. The Morgan fingerprint density at radius 3 is 2.75 bits per heavy atom. The molecule has 0 aliphatic carbocycles. The summed E-state index contributed by atoms with van der Waals surface area (Å²) in [4.78, 5) is 13.0. The Labute approximate surface area is 97.9 Å². The normalized spacial score (nSPS) is 22.9. The third-order valence-electron chi connectivity index (χ3n) is 3.09. The fourth-order valence-corrected chi connectivity index (χ4v) is 3.09. The van der Waals surface area contributed by atoms with Crippen molar-refractivity contribution in [3.05, 3.63) is 57.8 Å². The Morgan fingerprint density at radius 1 is 1.19 bits per heavy atom. The van der Waals surface area contributed by atoms with Gasteiger partial charge in [0.25, 0.3) is 5.91 Å². The predicted octanol–water partition coefficient (Wildman–Crippen LogP) is 2.76. The van der Waals surface area contributed by atoms with Crippen LogP contribution in [0.2, 0.25) is 0 Å². The van der Waals surface area contributed by atoms with Gasteiger partial charge in [-0.05, 0) is 30.0 Å². The molecule has 0 radical (unpaired) electrons. The van der Waals surface area contributed by atoms with Crippen LogP contribution < -0.4 is 5.32 Å².